The van der Waals surface area contributed by atoms with Crippen LogP contribution in [0.5, 0.6) is 0 Å². The number of benzene rings is 1. The van der Waals surface area contributed by atoms with E-state index in [1.165, 1.54) is 0 Å². The summed E-state index contributed by atoms with van der Waals surface area (Å²) in [5, 5.41) is 2.58. The molecule has 0 heterocycles. The molecule has 20 heavy (non-hydrogen) atoms. The van der Waals surface area contributed by atoms with Crippen LogP contribution in [0, 0.1) is 0 Å². The van der Waals surface area contributed by atoms with Crippen molar-refractivity contribution in [2.45, 2.75) is 25.8 Å². The average molecular weight is 277 g/mol. The first-order chi connectivity index (χ1) is 9.54. The monoisotopic (exact) mass is 277 g/mol. The van der Waals surface area contributed by atoms with E-state index in [0.29, 0.717) is 13.0 Å². The minimum Gasteiger partial charge on any atom is -0.346 e. The molecule has 0 unspecified atom stereocenters. The first-order valence-electron chi connectivity index (χ1n) is 6.85. The molecule has 2 amide bonds. The van der Waals surface area contributed by atoms with Gasteiger partial charge in [-0.15, -0.1) is 0 Å². The van der Waals surface area contributed by atoms with E-state index in [0.717, 1.165) is 12.0 Å². The van der Waals surface area contributed by atoms with Crippen LogP contribution >= 0.6 is 0 Å². The van der Waals surface area contributed by atoms with Crippen molar-refractivity contribution in [2.75, 3.05) is 20.1 Å². The molecule has 3 N–H and O–H groups in total. The van der Waals surface area contributed by atoms with Crippen LogP contribution in [0.3, 0.4) is 0 Å². The van der Waals surface area contributed by atoms with Gasteiger partial charge in [-0.2, -0.15) is 0 Å². The number of aryl methyl sites for hydroxylation is 1. The highest BCUT2D eigenvalue weighted by atomic mass is 16.2. The number of nitrogens with two attached hydrogens (primary N) is 1. The highest BCUT2D eigenvalue weighted by molar-refractivity contribution is 5.87. The Morgan fingerprint density at radius 1 is 1.30 bits per heavy atom. The van der Waals surface area contributed by atoms with Crippen LogP contribution in [0.2, 0.25) is 0 Å². The molecule has 1 aromatic rings. The Morgan fingerprint density at radius 3 is 2.55 bits per heavy atom. The summed E-state index contributed by atoms with van der Waals surface area (Å²) >= 11 is 0. The van der Waals surface area contributed by atoms with Gasteiger partial charge in [-0.05, 0) is 25.3 Å². The molecule has 0 aliphatic carbocycles. The summed E-state index contributed by atoms with van der Waals surface area (Å²) in [6, 6.07) is 9.29. The number of amides is 2. The molecular weight excluding hydrogens is 254 g/mol. The van der Waals surface area contributed by atoms with Crippen molar-refractivity contribution in [3.05, 3.63) is 35.9 Å². The van der Waals surface area contributed by atoms with E-state index in [1.807, 2.05) is 37.3 Å². The molecule has 0 radical (unpaired) electrons. The van der Waals surface area contributed by atoms with Gasteiger partial charge in [0.05, 0.1) is 12.6 Å². The molecule has 1 aromatic carbocycles. The molecule has 0 aromatic heterocycles. The number of nitrogens with zero attached hydrogens (tertiary/aromatic N) is 1. The number of likely N-dealkylation sites (N-methyl/N-ethyl adjacent to an activating group) is 1. The zero-order chi connectivity index (χ0) is 15.0. The number of rotatable bonds is 7. The number of hydrogen-bond acceptors (Lipinski definition) is 3. The van der Waals surface area contributed by atoms with Crippen LogP contribution in [-0.4, -0.2) is 42.9 Å². The van der Waals surface area contributed by atoms with Gasteiger partial charge in [0, 0.05) is 13.6 Å². The normalized spacial score (nSPS) is 11.8. The van der Waals surface area contributed by atoms with Crippen LogP contribution in [0.4, 0.5) is 0 Å². The van der Waals surface area contributed by atoms with Gasteiger partial charge < -0.3 is 16.0 Å². The number of carbonyl (C=O) groups excluding carboxylic acids is 2. The first-order valence-corrected chi connectivity index (χ1v) is 6.85. The van der Waals surface area contributed by atoms with Crippen molar-refractivity contribution in [3.8, 4) is 0 Å². The van der Waals surface area contributed by atoms with Crippen molar-refractivity contribution in [3.63, 3.8) is 0 Å². The number of carbonyl (C=O) groups is 2. The van der Waals surface area contributed by atoms with Crippen molar-refractivity contribution < 1.29 is 9.59 Å². The van der Waals surface area contributed by atoms with Crippen molar-refractivity contribution in [1.82, 2.24) is 10.2 Å². The third-order valence-corrected chi connectivity index (χ3v) is 3.24. The molecule has 0 spiro atoms. The maximum Gasteiger partial charge on any atom is 0.241 e. The van der Waals surface area contributed by atoms with E-state index in [9.17, 15) is 9.59 Å². The largest absolute Gasteiger partial charge is 0.346 e. The summed E-state index contributed by atoms with van der Waals surface area (Å²) in [5.41, 5.74) is 6.97. The predicted octanol–water partition coefficient (Wildman–Crippen LogP) is 0.541. The quantitative estimate of drug-likeness (QED) is 0.764. The van der Waals surface area contributed by atoms with Crippen LogP contribution in [0.25, 0.3) is 0 Å². The predicted molar refractivity (Wildman–Crippen MR) is 79.1 cm³/mol. The summed E-state index contributed by atoms with van der Waals surface area (Å²) < 4.78 is 0. The van der Waals surface area contributed by atoms with E-state index in [-0.39, 0.29) is 18.4 Å². The maximum atomic E-state index is 11.8. The third kappa shape index (κ3) is 5.40. The van der Waals surface area contributed by atoms with E-state index in [2.05, 4.69) is 5.32 Å². The molecule has 110 valence electrons. The Kier molecular flexibility index (Phi) is 6.73. The molecule has 0 saturated carbocycles. The Hall–Kier alpha value is -1.88. The maximum absolute atomic E-state index is 11.8. The molecule has 5 nitrogen and oxygen atoms in total. The van der Waals surface area contributed by atoms with E-state index < -0.39 is 6.04 Å². The Labute approximate surface area is 120 Å². The smallest absolute Gasteiger partial charge is 0.241 e. The summed E-state index contributed by atoms with van der Waals surface area (Å²) in [5.74, 6) is -0.394. The van der Waals surface area contributed by atoms with Crippen molar-refractivity contribution >= 4 is 11.8 Å². The fourth-order valence-corrected chi connectivity index (χ4v) is 1.70. The molecular formula is C15H23N3O2. The van der Waals surface area contributed by atoms with E-state index in [1.54, 1.807) is 11.9 Å². The Bertz CT molecular complexity index is 434. The second kappa shape index (κ2) is 8.32. The van der Waals surface area contributed by atoms with E-state index >= 15 is 0 Å². The van der Waals surface area contributed by atoms with E-state index in [4.69, 9.17) is 5.73 Å². The Morgan fingerprint density at radius 2 is 1.95 bits per heavy atom. The number of nitrogens with one attached hydrogen (secondary N) is 1. The second-order valence-electron chi connectivity index (χ2n) is 4.76. The van der Waals surface area contributed by atoms with Gasteiger partial charge in [0.15, 0.2) is 0 Å². The molecule has 0 bridgehead atoms. The summed E-state index contributed by atoms with van der Waals surface area (Å²) in [6.07, 6.45) is 1.31. The fourth-order valence-electron chi connectivity index (χ4n) is 1.70. The molecule has 0 fully saturated rings. The first kappa shape index (κ1) is 16.2. The SMILES string of the molecule is CCN(C)C(=O)CNC(=O)[C@@H](N)CCc1ccccc1. The second-order valence-corrected chi connectivity index (χ2v) is 4.76. The third-order valence-electron chi connectivity index (χ3n) is 3.24. The standard InChI is InChI=1S/C15H23N3O2/c1-3-18(2)14(19)11-17-15(20)13(16)10-9-12-7-5-4-6-8-12/h4-8,13H,3,9-11,16H2,1-2H3,(H,17,20)/t13-/m0/s1. The van der Waals surface area contributed by atoms with Crippen molar-refractivity contribution in [1.29, 1.82) is 0 Å². The molecule has 0 aliphatic rings. The van der Waals surface area contributed by atoms with Crippen LogP contribution in [0.1, 0.15) is 18.9 Å². The zero-order valence-corrected chi connectivity index (χ0v) is 12.1. The van der Waals surface area contributed by atoms with Gasteiger partial charge >= 0.3 is 0 Å². The lowest BCUT2D eigenvalue weighted by Gasteiger charge is -2.16. The molecule has 1 rings (SSSR count). The minimum absolute atomic E-state index is 0.00219. The number of hydrogen-bond donors (Lipinski definition) is 2. The molecule has 0 saturated heterocycles. The lowest BCUT2D eigenvalue weighted by Crippen LogP contribution is -2.45. The fraction of sp³-hybridized carbons (Fsp3) is 0.467. The van der Waals surface area contributed by atoms with Gasteiger partial charge in [-0.3, -0.25) is 9.59 Å². The zero-order valence-electron chi connectivity index (χ0n) is 12.1. The van der Waals surface area contributed by atoms with Crippen LogP contribution in [-0.2, 0) is 16.0 Å². The van der Waals surface area contributed by atoms with Crippen LogP contribution < -0.4 is 11.1 Å². The molecule has 1 atom stereocenters. The minimum atomic E-state index is -0.588. The average Bonchev–Trinajstić information content (AvgIpc) is 2.49. The van der Waals surface area contributed by atoms with Gasteiger partial charge in [0.25, 0.3) is 0 Å². The lowest BCUT2D eigenvalue weighted by molar-refractivity contribution is -0.132. The Balaban J connectivity index is 2.31. The molecule has 5 heteroatoms. The van der Waals surface area contributed by atoms with Crippen molar-refractivity contribution in [2.24, 2.45) is 5.73 Å². The van der Waals surface area contributed by atoms with Gasteiger partial charge in [-0.25, -0.2) is 0 Å². The topological polar surface area (TPSA) is 75.4 Å². The highest BCUT2D eigenvalue weighted by Gasteiger charge is 2.15. The summed E-state index contributed by atoms with van der Waals surface area (Å²) in [4.78, 5) is 24.9. The van der Waals surface area contributed by atoms with Crippen LogP contribution in [0.15, 0.2) is 30.3 Å². The highest BCUT2D eigenvalue weighted by Crippen LogP contribution is 2.04. The summed E-state index contributed by atoms with van der Waals surface area (Å²) in [7, 11) is 1.70. The van der Waals surface area contributed by atoms with Gasteiger partial charge in [0.2, 0.25) is 11.8 Å². The van der Waals surface area contributed by atoms with Gasteiger partial charge in [0.1, 0.15) is 0 Å². The molecule has 0 aliphatic heterocycles. The van der Waals surface area contributed by atoms with Gasteiger partial charge in [-0.1, -0.05) is 30.3 Å². The lowest BCUT2D eigenvalue weighted by atomic mass is 10.1. The summed E-state index contributed by atoms with van der Waals surface area (Å²) in [6.45, 7) is 2.50.